The molecule has 0 atom stereocenters. The van der Waals surface area contributed by atoms with Gasteiger partial charge in [-0.15, -0.1) is 0 Å². The Kier molecular flexibility index (Phi) is 6.04. The molecule has 0 saturated carbocycles. The minimum atomic E-state index is -3.63. The van der Waals surface area contributed by atoms with Crippen LogP contribution in [0, 0.1) is 11.6 Å². The number of rotatable bonds is 6. The molecule has 3 rings (SSSR count). The molecule has 0 saturated heterocycles. The third kappa shape index (κ3) is 4.20. The molecular formula is C18H15Cl2F2N3O2S. The van der Waals surface area contributed by atoms with Crippen molar-refractivity contribution < 1.29 is 17.2 Å². The van der Waals surface area contributed by atoms with Crippen LogP contribution in [0.25, 0.3) is 0 Å². The number of imidazole rings is 1. The van der Waals surface area contributed by atoms with Gasteiger partial charge in [-0.25, -0.2) is 22.2 Å². The van der Waals surface area contributed by atoms with E-state index in [-0.39, 0.29) is 33.2 Å². The molecule has 10 heteroatoms. The Balaban J connectivity index is 2.15. The van der Waals surface area contributed by atoms with Gasteiger partial charge in [0.25, 0.3) is 0 Å². The summed E-state index contributed by atoms with van der Waals surface area (Å²) in [6.45, 7) is -0.0404. The lowest BCUT2D eigenvalue weighted by atomic mass is 9.90. The second kappa shape index (κ2) is 8.16. The molecule has 0 fully saturated rings. The molecule has 148 valence electrons. The highest BCUT2D eigenvalue weighted by molar-refractivity contribution is 7.91. The molecule has 0 aliphatic heterocycles. The summed E-state index contributed by atoms with van der Waals surface area (Å²) in [6.07, 6.45) is 1.18. The van der Waals surface area contributed by atoms with Crippen molar-refractivity contribution in [2.45, 2.75) is 10.9 Å². The number of sulfone groups is 1. The van der Waals surface area contributed by atoms with Crippen molar-refractivity contribution in [2.75, 3.05) is 12.3 Å². The number of aromatic nitrogens is 2. The maximum Gasteiger partial charge on any atom is 0.196 e. The number of hydrogen-bond donors (Lipinski definition) is 2. The van der Waals surface area contributed by atoms with Crippen LogP contribution >= 0.6 is 23.2 Å². The molecule has 0 radical (unpaired) electrons. The van der Waals surface area contributed by atoms with Crippen LogP contribution in [-0.2, 0) is 9.84 Å². The fourth-order valence-corrected chi connectivity index (χ4v) is 4.16. The van der Waals surface area contributed by atoms with E-state index in [0.29, 0.717) is 11.1 Å². The predicted molar refractivity (Wildman–Crippen MR) is 103 cm³/mol. The number of nitrogens with zero attached hydrogens (tertiary/aromatic N) is 1. The average molecular weight is 446 g/mol. The fraction of sp³-hybridized carbons (Fsp3) is 0.167. The summed E-state index contributed by atoms with van der Waals surface area (Å²) in [7, 11) is -3.63. The molecule has 3 aromatic rings. The summed E-state index contributed by atoms with van der Waals surface area (Å²) in [4.78, 5) is 6.95. The fourth-order valence-electron chi connectivity index (χ4n) is 2.78. The lowest BCUT2D eigenvalue weighted by Gasteiger charge is -2.17. The standard InChI is InChI=1S/C18H15Cl2F2N3O2S/c19-12-7-10(1-3-14(12)21)17(11-2-4-15(22)13(20)8-11)18-24-9-16(25-18)28(26,27)6-5-23/h1-4,7-9,17H,5-6,23H2,(H,24,25). The van der Waals surface area contributed by atoms with Gasteiger partial charge in [0.15, 0.2) is 14.9 Å². The molecule has 0 bridgehead atoms. The van der Waals surface area contributed by atoms with Crippen LogP contribution in [0.4, 0.5) is 8.78 Å². The first-order valence-electron chi connectivity index (χ1n) is 8.10. The average Bonchev–Trinajstić information content (AvgIpc) is 3.12. The Morgan fingerprint density at radius 3 is 2.04 bits per heavy atom. The highest BCUT2D eigenvalue weighted by Crippen LogP contribution is 2.34. The first-order chi connectivity index (χ1) is 13.2. The summed E-state index contributed by atoms with van der Waals surface area (Å²) in [5.74, 6) is -1.89. The SMILES string of the molecule is NCCS(=O)(=O)c1cnc(C(c2ccc(F)c(Cl)c2)c2ccc(F)c(Cl)c2)[nH]1. The number of aromatic amines is 1. The second-order valence-corrected chi connectivity index (χ2v) is 8.91. The zero-order valence-electron chi connectivity index (χ0n) is 14.3. The summed E-state index contributed by atoms with van der Waals surface area (Å²) < 4.78 is 51.7. The van der Waals surface area contributed by atoms with Gasteiger partial charge in [0, 0.05) is 6.54 Å². The number of benzene rings is 2. The molecule has 3 N–H and O–H groups in total. The van der Waals surface area contributed by atoms with E-state index in [9.17, 15) is 17.2 Å². The van der Waals surface area contributed by atoms with Gasteiger partial charge in [0.2, 0.25) is 0 Å². The largest absolute Gasteiger partial charge is 0.332 e. The quantitative estimate of drug-likeness (QED) is 0.601. The minimum Gasteiger partial charge on any atom is -0.332 e. The normalized spacial score (nSPS) is 11.9. The van der Waals surface area contributed by atoms with Crippen LogP contribution in [-0.4, -0.2) is 30.7 Å². The van der Waals surface area contributed by atoms with Gasteiger partial charge in [-0.2, -0.15) is 0 Å². The molecule has 1 heterocycles. The van der Waals surface area contributed by atoms with Crippen molar-refractivity contribution in [2.24, 2.45) is 5.73 Å². The van der Waals surface area contributed by atoms with E-state index in [2.05, 4.69) is 9.97 Å². The van der Waals surface area contributed by atoms with Gasteiger partial charge in [-0.3, -0.25) is 0 Å². The summed E-state index contributed by atoms with van der Waals surface area (Å²) in [5.41, 5.74) is 6.39. The molecule has 2 aromatic carbocycles. The Hall–Kier alpha value is -2.00. The van der Waals surface area contributed by atoms with Crippen molar-refractivity contribution in [3.63, 3.8) is 0 Å². The summed E-state index contributed by atoms with van der Waals surface area (Å²) >= 11 is 11.8. The Labute approximate surface area is 170 Å². The summed E-state index contributed by atoms with van der Waals surface area (Å²) in [5, 5.41) is -0.323. The number of hydrogen-bond acceptors (Lipinski definition) is 4. The van der Waals surface area contributed by atoms with Crippen LogP contribution in [0.5, 0.6) is 0 Å². The third-order valence-electron chi connectivity index (χ3n) is 4.12. The molecule has 0 aliphatic carbocycles. The first-order valence-corrected chi connectivity index (χ1v) is 10.5. The van der Waals surface area contributed by atoms with Crippen LogP contribution in [0.1, 0.15) is 22.9 Å². The Bertz CT molecular complexity index is 1070. The van der Waals surface area contributed by atoms with E-state index >= 15 is 0 Å². The molecule has 0 unspecified atom stereocenters. The topological polar surface area (TPSA) is 88.8 Å². The molecule has 28 heavy (non-hydrogen) atoms. The Morgan fingerprint density at radius 1 is 1.04 bits per heavy atom. The smallest absolute Gasteiger partial charge is 0.196 e. The van der Waals surface area contributed by atoms with Crippen molar-refractivity contribution in [1.29, 1.82) is 0 Å². The third-order valence-corrected chi connectivity index (χ3v) is 6.35. The molecule has 0 amide bonds. The first kappa shape index (κ1) is 20.7. The van der Waals surface area contributed by atoms with E-state index < -0.39 is 27.4 Å². The van der Waals surface area contributed by atoms with Gasteiger partial charge in [-0.1, -0.05) is 35.3 Å². The zero-order chi connectivity index (χ0) is 20.5. The van der Waals surface area contributed by atoms with Gasteiger partial charge >= 0.3 is 0 Å². The Morgan fingerprint density at radius 2 is 1.57 bits per heavy atom. The molecule has 1 aromatic heterocycles. The van der Waals surface area contributed by atoms with Crippen molar-refractivity contribution in [3.05, 3.63) is 81.2 Å². The number of H-pyrrole nitrogens is 1. The van der Waals surface area contributed by atoms with E-state index in [1.807, 2.05) is 0 Å². The van der Waals surface area contributed by atoms with E-state index in [4.69, 9.17) is 28.9 Å². The highest BCUT2D eigenvalue weighted by Gasteiger charge is 2.25. The summed E-state index contributed by atoms with van der Waals surface area (Å²) in [6, 6.07) is 8.14. The zero-order valence-corrected chi connectivity index (χ0v) is 16.6. The highest BCUT2D eigenvalue weighted by atomic mass is 35.5. The van der Waals surface area contributed by atoms with Gasteiger partial charge in [0.1, 0.15) is 17.5 Å². The monoisotopic (exact) mass is 445 g/mol. The van der Waals surface area contributed by atoms with Crippen molar-refractivity contribution >= 4 is 33.0 Å². The second-order valence-electron chi connectivity index (χ2n) is 6.02. The minimum absolute atomic E-state index is 0.0404. The molecule has 5 nitrogen and oxygen atoms in total. The maximum absolute atomic E-state index is 13.6. The van der Waals surface area contributed by atoms with Crippen molar-refractivity contribution in [1.82, 2.24) is 9.97 Å². The lowest BCUT2D eigenvalue weighted by Crippen LogP contribution is -2.16. The van der Waals surface area contributed by atoms with Crippen LogP contribution in [0.15, 0.2) is 47.6 Å². The van der Waals surface area contributed by atoms with Gasteiger partial charge < -0.3 is 10.7 Å². The maximum atomic E-state index is 13.6. The number of nitrogens with one attached hydrogen (secondary N) is 1. The predicted octanol–water partition coefficient (Wildman–Crippen LogP) is 3.91. The van der Waals surface area contributed by atoms with Gasteiger partial charge in [0.05, 0.1) is 27.9 Å². The van der Waals surface area contributed by atoms with Crippen molar-refractivity contribution in [3.8, 4) is 0 Å². The molecule has 0 spiro atoms. The van der Waals surface area contributed by atoms with Gasteiger partial charge in [-0.05, 0) is 35.4 Å². The van der Waals surface area contributed by atoms with Crippen LogP contribution in [0.2, 0.25) is 10.0 Å². The van der Waals surface area contributed by atoms with E-state index in [0.717, 1.165) is 0 Å². The van der Waals surface area contributed by atoms with Crippen LogP contribution < -0.4 is 5.73 Å². The number of nitrogens with two attached hydrogens (primary N) is 1. The van der Waals surface area contributed by atoms with Crippen LogP contribution in [0.3, 0.4) is 0 Å². The van der Waals surface area contributed by atoms with E-state index in [1.54, 1.807) is 0 Å². The molecule has 0 aliphatic rings. The van der Waals surface area contributed by atoms with E-state index in [1.165, 1.54) is 42.6 Å². The number of halogens is 4. The lowest BCUT2D eigenvalue weighted by molar-refractivity contribution is 0.592. The molecular weight excluding hydrogens is 431 g/mol.